The first kappa shape index (κ1) is 27.4. The number of para-hydroxylation sites is 1. The summed E-state index contributed by atoms with van der Waals surface area (Å²) in [5.41, 5.74) is 0.783. The van der Waals surface area contributed by atoms with E-state index in [2.05, 4.69) is 22.8 Å². The van der Waals surface area contributed by atoms with Crippen molar-refractivity contribution in [2.75, 3.05) is 0 Å². The monoisotopic (exact) mass is 518 g/mol. The number of nitrogens with one attached hydrogen (secondary N) is 2. The lowest BCUT2D eigenvalue weighted by Gasteiger charge is -2.17. The highest BCUT2D eigenvalue weighted by Gasteiger charge is 2.18. The zero-order valence-electron chi connectivity index (χ0n) is 22.2. The maximum Gasteiger partial charge on any atom is 0.331 e. The van der Waals surface area contributed by atoms with Crippen molar-refractivity contribution < 1.29 is 9.59 Å². The number of hydrogen-bond acceptors (Lipinski definition) is 4. The molecule has 1 aliphatic carbocycles. The first-order valence-electron chi connectivity index (χ1n) is 13.8. The van der Waals surface area contributed by atoms with Crippen LogP contribution < -0.4 is 21.9 Å². The Bertz CT molecular complexity index is 1360. The van der Waals surface area contributed by atoms with Crippen molar-refractivity contribution in [2.45, 2.75) is 89.9 Å². The van der Waals surface area contributed by atoms with Gasteiger partial charge < -0.3 is 10.6 Å². The van der Waals surface area contributed by atoms with E-state index in [0.717, 1.165) is 38.5 Å². The van der Waals surface area contributed by atoms with Gasteiger partial charge in [0.25, 0.3) is 5.56 Å². The van der Waals surface area contributed by atoms with Gasteiger partial charge in [0.05, 0.1) is 10.9 Å². The molecule has 2 aromatic carbocycles. The molecule has 1 heterocycles. The average Bonchev–Trinajstić information content (AvgIpc) is 3.43. The van der Waals surface area contributed by atoms with Gasteiger partial charge in [0, 0.05) is 25.0 Å². The molecule has 4 rings (SSSR count). The summed E-state index contributed by atoms with van der Waals surface area (Å²) in [5, 5.41) is 6.46. The van der Waals surface area contributed by atoms with Crippen molar-refractivity contribution in [3.05, 3.63) is 81.0 Å². The van der Waals surface area contributed by atoms with Crippen LogP contribution in [-0.4, -0.2) is 33.0 Å². The minimum atomic E-state index is -0.504. The average molecular weight is 519 g/mol. The van der Waals surface area contributed by atoms with Gasteiger partial charge in [0.15, 0.2) is 0 Å². The quantitative estimate of drug-likeness (QED) is 0.358. The van der Waals surface area contributed by atoms with Crippen molar-refractivity contribution in [1.82, 2.24) is 19.8 Å². The summed E-state index contributed by atoms with van der Waals surface area (Å²) in [6, 6.07) is 17.2. The van der Waals surface area contributed by atoms with Crippen LogP contribution in [0.3, 0.4) is 0 Å². The summed E-state index contributed by atoms with van der Waals surface area (Å²) in [6.45, 7) is 1.99. The van der Waals surface area contributed by atoms with E-state index in [4.69, 9.17) is 0 Å². The highest BCUT2D eigenvalue weighted by Crippen LogP contribution is 2.17. The third kappa shape index (κ3) is 7.21. The zero-order chi connectivity index (χ0) is 26.9. The largest absolute Gasteiger partial charge is 0.353 e. The van der Waals surface area contributed by atoms with Gasteiger partial charge in [-0.25, -0.2) is 4.79 Å². The highest BCUT2D eigenvalue weighted by molar-refractivity contribution is 5.81. The van der Waals surface area contributed by atoms with Crippen LogP contribution in [0.1, 0.15) is 63.9 Å². The molecular formula is C30H38N4O4. The van der Waals surface area contributed by atoms with Gasteiger partial charge >= 0.3 is 5.69 Å². The minimum Gasteiger partial charge on any atom is -0.353 e. The van der Waals surface area contributed by atoms with Crippen LogP contribution in [0, 0.1) is 0 Å². The van der Waals surface area contributed by atoms with Crippen LogP contribution >= 0.6 is 0 Å². The third-order valence-electron chi connectivity index (χ3n) is 7.31. The Kier molecular flexibility index (Phi) is 9.51. The molecule has 1 unspecified atom stereocenters. The fourth-order valence-corrected chi connectivity index (χ4v) is 5.21. The number of aromatic nitrogens is 2. The van der Waals surface area contributed by atoms with Crippen LogP contribution in [0.25, 0.3) is 10.9 Å². The molecule has 1 fully saturated rings. The molecule has 0 radical (unpaired) electrons. The summed E-state index contributed by atoms with van der Waals surface area (Å²) in [5.74, 6) is -0.246. The lowest BCUT2D eigenvalue weighted by molar-refractivity contribution is -0.123. The van der Waals surface area contributed by atoms with E-state index in [1.54, 1.807) is 24.3 Å². The second kappa shape index (κ2) is 13.2. The number of nitrogens with zero attached hydrogens (tertiary/aromatic N) is 2. The molecule has 3 aromatic rings. The fraction of sp³-hybridized carbons (Fsp3) is 0.467. The molecule has 8 nitrogen and oxygen atoms in total. The SMILES string of the molecule is CC(CCc1ccccc1)NC(=O)Cn1c(=O)n(CCCCC(=O)NC2CCCC2)c(=O)c2ccccc21. The van der Waals surface area contributed by atoms with Gasteiger partial charge in [-0.1, -0.05) is 55.3 Å². The molecule has 1 aliphatic rings. The molecule has 202 valence electrons. The van der Waals surface area contributed by atoms with Crippen LogP contribution in [0.4, 0.5) is 0 Å². The van der Waals surface area contributed by atoms with E-state index in [9.17, 15) is 19.2 Å². The molecule has 8 heteroatoms. The molecule has 2 N–H and O–H groups in total. The smallest absolute Gasteiger partial charge is 0.331 e. The molecule has 1 saturated carbocycles. The fourth-order valence-electron chi connectivity index (χ4n) is 5.21. The third-order valence-corrected chi connectivity index (χ3v) is 7.31. The van der Waals surface area contributed by atoms with Gasteiger partial charge in [-0.2, -0.15) is 0 Å². The summed E-state index contributed by atoms with van der Waals surface area (Å²) in [4.78, 5) is 51.6. The van der Waals surface area contributed by atoms with Gasteiger partial charge in [0.2, 0.25) is 11.8 Å². The number of unbranched alkanes of at least 4 members (excludes halogenated alkanes) is 1. The molecule has 0 saturated heterocycles. The molecule has 1 atom stereocenters. The number of fused-ring (bicyclic) bond motifs is 1. The topological polar surface area (TPSA) is 102 Å². The number of amides is 2. The molecule has 1 aromatic heterocycles. The van der Waals surface area contributed by atoms with Gasteiger partial charge in [-0.05, 0) is 63.1 Å². The number of rotatable bonds is 12. The Morgan fingerprint density at radius 3 is 2.39 bits per heavy atom. The van der Waals surface area contributed by atoms with Crippen LogP contribution in [-0.2, 0) is 29.1 Å². The van der Waals surface area contributed by atoms with E-state index >= 15 is 0 Å². The number of hydrogen-bond donors (Lipinski definition) is 2. The Hall–Kier alpha value is -3.68. The van der Waals surface area contributed by atoms with E-state index in [-0.39, 0.29) is 42.5 Å². The molecule has 0 aliphatic heterocycles. The zero-order valence-corrected chi connectivity index (χ0v) is 22.2. The van der Waals surface area contributed by atoms with Crippen molar-refractivity contribution in [2.24, 2.45) is 0 Å². The van der Waals surface area contributed by atoms with E-state index in [1.807, 2.05) is 25.1 Å². The van der Waals surface area contributed by atoms with Gasteiger partial charge in [-0.3, -0.25) is 23.5 Å². The van der Waals surface area contributed by atoms with Crippen molar-refractivity contribution in [3.63, 3.8) is 0 Å². The highest BCUT2D eigenvalue weighted by atomic mass is 16.2. The van der Waals surface area contributed by atoms with E-state index < -0.39 is 5.69 Å². The Balaban J connectivity index is 1.39. The van der Waals surface area contributed by atoms with E-state index in [1.165, 1.54) is 14.7 Å². The second-order valence-electron chi connectivity index (χ2n) is 10.3. The van der Waals surface area contributed by atoms with Gasteiger partial charge in [0.1, 0.15) is 6.54 Å². The maximum absolute atomic E-state index is 13.4. The lowest BCUT2D eigenvalue weighted by atomic mass is 10.1. The molecule has 0 spiro atoms. The number of benzene rings is 2. The lowest BCUT2D eigenvalue weighted by Crippen LogP contribution is -2.44. The number of aryl methyl sites for hydroxylation is 1. The standard InChI is InChI=1S/C30H38N4O4/c1-22(18-19-23-11-3-2-4-12-23)31-28(36)21-34-26-16-8-7-15-25(26)29(37)33(30(34)38)20-10-9-17-27(35)32-24-13-5-6-14-24/h2-4,7-8,11-12,15-16,22,24H,5-6,9-10,13-14,17-21H2,1H3,(H,31,36)(H,32,35). The Morgan fingerprint density at radius 2 is 1.63 bits per heavy atom. The van der Waals surface area contributed by atoms with Crippen LogP contribution in [0.2, 0.25) is 0 Å². The van der Waals surface area contributed by atoms with Crippen molar-refractivity contribution in [1.29, 1.82) is 0 Å². The summed E-state index contributed by atoms with van der Waals surface area (Å²) in [7, 11) is 0. The molecular weight excluding hydrogens is 480 g/mol. The van der Waals surface area contributed by atoms with Crippen LogP contribution in [0.15, 0.2) is 64.2 Å². The molecule has 0 bridgehead atoms. The Morgan fingerprint density at radius 1 is 0.921 bits per heavy atom. The first-order valence-corrected chi connectivity index (χ1v) is 13.8. The maximum atomic E-state index is 13.4. The summed E-state index contributed by atoms with van der Waals surface area (Å²) < 4.78 is 2.58. The number of carbonyl (C=O) groups is 2. The second-order valence-corrected chi connectivity index (χ2v) is 10.3. The predicted octanol–water partition coefficient (Wildman–Crippen LogP) is 3.53. The molecule has 38 heavy (non-hydrogen) atoms. The Labute approximate surface area is 223 Å². The van der Waals surface area contributed by atoms with Gasteiger partial charge in [-0.15, -0.1) is 0 Å². The predicted molar refractivity (Wildman–Crippen MR) is 149 cm³/mol. The van der Waals surface area contributed by atoms with Crippen molar-refractivity contribution in [3.8, 4) is 0 Å². The van der Waals surface area contributed by atoms with E-state index in [0.29, 0.717) is 30.2 Å². The first-order chi connectivity index (χ1) is 18.4. The normalized spacial score (nSPS) is 14.4. The summed E-state index contributed by atoms with van der Waals surface area (Å²) >= 11 is 0. The van der Waals surface area contributed by atoms with Crippen molar-refractivity contribution >= 4 is 22.7 Å². The summed E-state index contributed by atoms with van der Waals surface area (Å²) in [6.07, 6.45) is 7.49. The molecule has 2 amide bonds. The van der Waals surface area contributed by atoms with Crippen LogP contribution in [0.5, 0.6) is 0 Å². The minimum absolute atomic E-state index is 0.0261. The number of carbonyl (C=O) groups excluding carboxylic acids is 2.